The van der Waals surface area contributed by atoms with Crippen molar-refractivity contribution < 1.29 is 28.0 Å². The summed E-state index contributed by atoms with van der Waals surface area (Å²) in [6, 6.07) is 11.6. The number of alkyl halides is 2. The summed E-state index contributed by atoms with van der Waals surface area (Å²) in [7, 11) is 0. The lowest BCUT2D eigenvalue weighted by Gasteiger charge is -2.08. The fourth-order valence-electron chi connectivity index (χ4n) is 2.32. The maximum atomic E-state index is 12.5. The molecule has 0 unspecified atom stereocenters. The van der Waals surface area contributed by atoms with Gasteiger partial charge in [-0.1, -0.05) is 18.2 Å². The third-order valence-electron chi connectivity index (χ3n) is 3.53. The van der Waals surface area contributed by atoms with Crippen LogP contribution in [0.2, 0.25) is 0 Å². The van der Waals surface area contributed by atoms with E-state index in [0.29, 0.717) is 11.3 Å². The number of non-ortho nitro benzene ring substituents is 1. The highest BCUT2D eigenvalue weighted by Crippen LogP contribution is 2.33. The minimum absolute atomic E-state index is 0.0281. The van der Waals surface area contributed by atoms with Crippen molar-refractivity contribution in [3.8, 4) is 22.8 Å². The number of carbonyl (C=O) groups is 1. The van der Waals surface area contributed by atoms with Gasteiger partial charge in [-0.2, -0.15) is 8.78 Å². The van der Waals surface area contributed by atoms with E-state index in [9.17, 15) is 23.7 Å². The quantitative estimate of drug-likeness (QED) is 0.429. The Hall–Kier alpha value is -3.60. The van der Waals surface area contributed by atoms with Crippen LogP contribution >= 0.6 is 11.3 Å². The van der Waals surface area contributed by atoms with Gasteiger partial charge in [0.25, 0.3) is 11.6 Å². The van der Waals surface area contributed by atoms with E-state index in [1.54, 1.807) is 23.6 Å². The molecule has 1 heterocycles. The molecule has 0 radical (unpaired) electrons. The molecule has 0 aliphatic heterocycles. The Morgan fingerprint density at radius 2 is 2.03 bits per heavy atom. The number of anilines is 1. The first-order valence-electron chi connectivity index (χ1n) is 8.09. The van der Waals surface area contributed by atoms with Gasteiger partial charge in [0.1, 0.15) is 11.5 Å². The zero-order valence-electron chi connectivity index (χ0n) is 14.6. The number of benzene rings is 2. The van der Waals surface area contributed by atoms with Crippen LogP contribution in [-0.4, -0.2) is 29.0 Å². The Bertz CT molecular complexity index is 1030. The van der Waals surface area contributed by atoms with Crippen LogP contribution in [-0.2, 0) is 4.79 Å². The van der Waals surface area contributed by atoms with E-state index < -0.39 is 17.4 Å². The molecule has 0 aliphatic rings. The van der Waals surface area contributed by atoms with Gasteiger partial charge >= 0.3 is 6.61 Å². The number of nitro benzene ring substituents is 1. The normalized spacial score (nSPS) is 10.6. The molecule has 0 saturated carbocycles. The Labute approximate surface area is 166 Å². The third-order valence-corrected chi connectivity index (χ3v) is 4.29. The van der Waals surface area contributed by atoms with Crippen LogP contribution in [0.25, 0.3) is 11.3 Å². The molecule has 3 rings (SSSR count). The number of ether oxygens (including phenoxy) is 2. The zero-order valence-corrected chi connectivity index (χ0v) is 15.4. The lowest BCUT2D eigenvalue weighted by atomic mass is 10.1. The predicted octanol–water partition coefficient (Wildman–Crippen LogP) is 4.34. The molecular formula is C18H13F2N3O5S. The Kier molecular flexibility index (Phi) is 6.29. The highest BCUT2D eigenvalue weighted by Gasteiger charge is 2.15. The number of nitro groups is 1. The van der Waals surface area contributed by atoms with Gasteiger partial charge in [0.2, 0.25) is 0 Å². The van der Waals surface area contributed by atoms with Gasteiger partial charge in [0, 0.05) is 17.0 Å². The number of amides is 1. The molecule has 1 amide bonds. The van der Waals surface area contributed by atoms with Crippen molar-refractivity contribution in [1.82, 2.24) is 4.98 Å². The number of nitrogens with zero attached hydrogens (tertiary/aromatic N) is 2. The van der Waals surface area contributed by atoms with Gasteiger partial charge in [-0.3, -0.25) is 20.2 Å². The molecule has 0 atom stereocenters. The van der Waals surface area contributed by atoms with E-state index in [1.807, 2.05) is 0 Å². The van der Waals surface area contributed by atoms with Crippen molar-refractivity contribution in [3.05, 3.63) is 64.0 Å². The van der Waals surface area contributed by atoms with Crippen molar-refractivity contribution in [2.45, 2.75) is 6.61 Å². The van der Waals surface area contributed by atoms with Crippen molar-refractivity contribution in [1.29, 1.82) is 0 Å². The molecule has 0 bridgehead atoms. The maximum absolute atomic E-state index is 12.5. The standard InChI is InChI=1S/C18H13F2N3O5S/c19-17(20)28-15-7-2-1-6-13(15)14-10-29-18(21-14)22-16(24)9-27-12-5-3-4-11(8-12)23(25)26/h1-8,10,17H,9H2,(H,21,22,24). The monoisotopic (exact) mass is 421 g/mol. The predicted molar refractivity (Wildman–Crippen MR) is 101 cm³/mol. The summed E-state index contributed by atoms with van der Waals surface area (Å²) < 4.78 is 34.8. The molecular weight excluding hydrogens is 408 g/mol. The molecule has 11 heteroatoms. The number of carbonyl (C=O) groups excluding carboxylic acids is 1. The van der Waals surface area contributed by atoms with Crippen molar-refractivity contribution in [2.24, 2.45) is 0 Å². The van der Waals surface area contributed by atoms with Gasteiger partial charge in [-0.25, -0.2) is 4.98 Å². The lowest BCUT2D eigenvalue weighted by molar-refractivity contribution is -0.384. The minimum Gasteiger partial charge on any atom is -0.484 e. The molecule has 2 aromatic carbocycles. The van der Waals surface area contributed by atoms with Crippen LogP contribution in [0, 0.1) is 10.1 Å². The van der Waals surface area contributed by atoms with Crippen LogP contribution in [0.1, 0.15) is 0 Å². The number of hydrogen-bond donors (Lipinski definition) is 1. The Morgan fingerprint density at radius 1 is 1.24 bits per heavy atom. The molecule has 8 nitrogen and oxygen atoms in total. The Balaban J connectivity index is 1.62. The first kappa shape index (κ1) is 20.1. The summed E-state index contributed by atoms with van der Waals surface area (Å²) in [5.41, 5.74) is 0.565. The average molecular weight is 421 g/mol. The highest BCUT2D eigenvalue weighted by atomic mass is 32.1. The topological polar surface area (TPSA) is 104 Å². The second-order valence-corrected chi connectivity index (χ2v) is 6.36. The van der Waals surface area contributed by atoms with Crippen LogP contribution < -0.4 is 14.8 Å². The van der Waals surface area contributed by atoms with Gasteiger partial charge < -0.3 is 9.47 Å². The molecule has 3 aromatic rings. The molecule has 0 fully saturated rings. The second-order valence-electron chi connectivity index (χ2n) is 5.50. The van der Waals surface area contributed by atoms with Gasteiger partial charge in [-0.05, 0) is 18.2 Å². The summed E-state index contributed by atoms with van der Waals surface area (Å²) in [6.45, 7) is -3.36. The number of thiazole rings is 1. The van der Waals surface area contributed by atoms with E-state index in [2.05, 4.69) is 15.0 Å². The fraction of sp³-hybridized carbons (Fsp3) is 0.111. The minimum atomic E-state index is -2.97. The third kappa shape index (κ3) is 5.45. The van der Waals surface area contributed by atoms with Gasteiger partial charge in [-0.15, -0.1) is 11.3 Å². The molecule has 29 heavy (non-hydrogen) atoms. The van der Waals surface area contributed by atoms with Crippen molar-refractivity contribution in [3.63, 3.8) is 0 Å². The molecule has 0 spiro atoms. The summed E-state index contributed by atoms with van der Waals surface area (Å²) in [5.74, 6) is -0.388. The maximum Gasteiger partial charge on any atom is 0.387 e. The second kappa shape index (κ2) is 9.06. The van der Waals surface area contributed by atoms with Crippen LogP contribution in [0.5, 0.6) is 11.5 Å². The van der Waals surface area contributed by atoms with E-state index in [-0.39, 0.29) is 28.9 Å². The van der Waals surface area contributed by atoms with Crippen LogP contribution in [0.15, 0.2) is 53.9 Å². The molecule has 0 aliphatic carbocycles. The van der Waals surface area contributed by atoms with E-state index in [0.717, 1.165) is 11.3 Å². The number of nitrogens with one attached hydrogen (secondary N) is 1. The molecule has 0 saturated heterocycles. The van der Waals surface area contributed by atoms with Gasteiger partial charge in [0.15, 0.2) is 11.7 Å². The molecule has 1 aromatic heterocycles. The summed E-state index contributed by atoms with van der Waals surface area (Å²) in [5, 5.41) is 15.1. The summed E-state index contributed by atoms with van der Waals surface area (Å²) >= 11 is 1.10. The van der Waals surface area contributed by atoms with E-state index in [1.165, 1.54) is 30.3 Å². The first-order valence-corrected chi connectivity index (χ1v) is 8.97. The average Bonchev–Trinajstić information content (AvgIpc) is 3.14. The highest BCUT2D eigenvalue weighted by molar-refractivity contribution is 7.14. The summed E-state index contributed by atoms with van der Waals surface area (Å²) in [4.78, 5) is 26.4. The number of halogens is 2. The zero-order chi connectivity index (χ0) is 20.8. The number of rotatable bonds is 8. The fourth-order valence-corrected chi connectivity index (χ4v) is 3.05. The van der Waals surface area contributed by atoms with Crippen molar-refractivity contribution in [2.75, 3.05) is 11.9 Å². The Morgan fingerprint density at radius 3 is 2.79 bits per heavy atom. The first-order chi connectivity index (χ1) is 13.9. The van der Waals surface area contributed by atoms with E-state index in [4.69, 9.17) is 4.74 Å². The smallest absolute Gasteiger partial charge is 0.387 e. The SMILES string of the molecule is O=C(COc1cccc([N+](=O)[O-])c1)Nc1nc(-c2ccccc2OC(F)F)cs1. The van der Waals surface area contributed by atoms with Gasteiger partial charge in [0.05, 0.1) is 16.7 Å². The number of aromatic nitrogens is 1. The van der Waals surface area contributed by atoms with E-state index >= 15 is 0 Å². The van der Waals surface area contributed by atoms with Crippen LogP contribution in [0.4, 0.5) is 19.6 Å². The van der Waals surface area contributed by atoms with Crippen molar-refractivity contribution >= 4 is 28.1 Å². The number of para-hydroxylation sites is 1. The molecule has 150 valence electrons. The lowest BCUT2D eigenvalue weighted by Crippen LogP contribution is -2.20. The largest absolute Gasteiger partial charge is 0.484 e. The number of hydrogen-bond acceptors (Lipinski definition) is 7. The molecule has 1 N–H and O–H groups in total. The summed E-state index contributed by atoms with van der Waals surface area (Å²) in [6.07, 6.45) is 0. The van der Waals surface area contributed by atoms with Crippen LogP contribution in [0.3, 0.4) is 0 Å².